The highest BCUT2D eigenvalue weighted by atomic mass is 16.5. The van der Waals surface area contributed by atoms with Gasteiger partial charge in [0.15, 0.2) is 0 Å². The molecule has 0 bridgehead atoms. The molecule has 0 aliphatic carbocycles. The molecule has 43 heavy (non-hydrogen) atoms. The summed E-state index contributed by atoms with van der Waals surface area (Å²) >= 11 is 0. The van der Waals surface area contributed by atoms with Crippen molar-refractivity contribution in [2.24, 2.45) is 5.10 Å². The first-order valence-corrected chi connectivity index (χ1v) is 14.0. The summed E-state index contributed by atoms with van der Waals surface area (Å²) in [6, 6.07) is 18.4. The highest BCUT2D eigenvalue weighted by Crippen LogP contribution is 2.27. The second-order valence-corrected chi connectivity index (χ2v) is 10.2. The Balaban J connectivity index is 1.20. The smallest absolute Gasteiger partial charge is 0.257 e. The fraction of sp³-hybridized carbons (Fsp3) is 0.143. The SMILES string of the molecule is C=C1C=C(C#Cc2ccnc(NC(=O)c3ccccc3C)c2)N2N=C(c3ccc(C(=O)N4CCOCC4)cc3)C=CC2=C1. The highest BCUT2D eigenvalue weighted by Gasteiger charge is 2.22. The number of hydrogen-bond acceptors (Lipinski definition) is 6. The van der Waals surface area contributed by atoms with E-state index in [1.807, 2.05) is 78.6 Å². The molecular formula is C35H29N5O3. The van der Waals surface area contributed by atoms with Gasteiger partial charge < -0.3 is 15.0 Å². The van der Waals surface area contributed by atoms with Crippen molar-refractivity contribution in [3.63, 3.8) is 0 Å². The third-order valence-electron chi connectivity index (χ3n) is 7.20. The number of hydrogen-bond donors (Lipinski definition) is 1. The van der Waals surface area contributed by atoms with E-state index in [1.165, 1.54) is 0 Å². The number of amides is 2. The Kier molecular flexibility index (Phi) is 7.81. The molecule has 8 nitrogen and oxygen atoms in total. The number of pyridine rings is 1. The molecule has 3 aliphatic heterocycles. The Morgan fingerprint density at radius 1 is 0.977 bits per heavy atom. The van der Waals surface area contributed by atoms with Crippen LogP contribution in [-0.4, -0.2) is 58.7 Å². The molecule has 1 fully saturated rings. The quantitative estimate of drug-likeness (QED) is 0.445. The Hall–Kier alpha value is -5.52. The number of rotatable bonds is 4. The van der Waals surface area contributed by atoms with Crippen molar-refractivity contribution in [3.8, 4) is 11.8 Å². The zero-order chi connectivity index (χ0) is 29.8. The number of carbonyl (C=O) groups is 2. The molecule has 6 rings (SSSR count). The largest absolute Gasteiger partial charge is 0.378 e. The zero-order valence-electron chi connectivity index (χ0n) is 23.7. The van der Waals surface area contributed by atoms with E-state index in [0.717, 1.165) is 28.1 Å². The van der Waals surface area contributed by atoms with Crippen LogP contribution in [0, 0.1) is 18.8 Å². The molecule has 0 saturated carbocycles. The number of nitrogens with zero attached hydrogens (tertiary/aromatic N) is 4. The standard InChI is InChI=1S/C35H29N5O3/c1-24-21-29(12-7-26-15-16-36-33(23-26)37-34(41)31-6-4-3-5-25(31)2)40-30(22-24)13-14-32(38-40)27-8-10-28(11-9-27)35(42)39-17-19-43-20-18-39/h3-6,8-11,13-16,21-23H,1,17-20H2,2H3,(H,36,37,41). The van der Waals surface area contributed by atoms with Crippen molar-refractivity contribution in [2.75, 3.05) is 31.6 Å². The summed E-state index contributed by atoms with van der Waals surface area (Å²) in [4.78, 5) is 31.7. The number of benzene rings is 2. The maximum atomic E-state index is 12.8. The summed E-state index contributed by atoms with van der Waals surface area (Å²) < 4.78 is 5.36. The van der Waals surface area contributed by atoms with E-state index in [-0.39, 0.29) is 11.8 Å². The average molecular weight is 568 g/mol. The molecule has 2 aromatic carbocycles. The molecule has 2 amide bonds. The van der Waals surface area contributed by atoms with Gasteiger partial charge in [-0.1, -0.05) is 42.8 Å². The van der Waals surface area contributed by atoms with Gasteiger partial charge in [0.1, 0.15) is 11.5 Å². The number of fused-ring (bicyclic) bond motifs is 1. The number of aromatic nitrogens is 1. The molecule has 3 aliphatic rings. The number of nitrogens with one attached hydrogen (secondary N) is 1. The molecule has 1 aromatic heterocycles. The minimum Gasteiger partial charge on any atom is -0.378 e. The molecule has 0 atom stereocenters. The molecule has 8 heteroatoms. The Morgan fingerprint density at radius 2 is 1.77 bits per heavy atom. The number of aryl methyl sites for hydroxylation is 1. The third kappa shape index (κ3) is 6.22. The number of morpholine rings is 1. The van der Waals surface area contributed by atoms with Gasteiger partial charge in [-0.3, -0.25) is 9.59 Å². The summed E-state index contributed by atoms with van der Waals surface area (Å²) in [5.74, 6) is 6.59. The van der Waals surface area contributed by atoms with Crippen molar-refractivity contribution in [3.05, 3.63) is 143 Å². The first kappa shape index (κ1) is 27.6. The third-order valence-corrected chi connectivity index (χ3v) is 7.20. The zero-order valence-corrected chi connectivity index (χ0v) is 23.7. The number of hydrazone groups is 1. The lowest BCUT2D eigenvalue weighted by molar-refractivity contribution is 0.0303. The van der Waals surface area contributed by atoms with E-state index in [0.29, 0.717) is 54.5 Å². The topological polar surface area (TPSA) is 87.1 Å². The molecule has 1 N–H and O–H groups in total. The van der Waals surface area contributed by atoms with Crippen LogP contribution in [0.25, 0.3) is 0 Å². The van der Waals surface area contributed by atoms with Gasteiger partial charge in [-0.05, 0) is 78.6 Å². The second-order valence-electron chi connectivity index (χ2n) is 10.2. The molecule has 3 aromatic rings. The lowest BCUT2D eigenvalue weighted by atomic mass is 10.0. The van der Waals surface area contributed by atoms with E-state index in [4.69, 9.17) is 9.84 Å². The Bertz CT molecular complexity index is 1800. The van der Waals surface area contributed by atoms with Crippen LogP contribution >= 0.6 is 0 Å². The van der Waals surface area contributed by atoms with Crippen LogP contribution in [0.1, 0.15) is 37.4 Å². The van der Waals surface area contributed by atoms with Crippen LogP contribution in [0.2, 0.25) is 0 Å². The van der Waals surface area contributed by atoms with Crippen LogP contribution in [0.15, 0.2) is 120 Å². The lowest BCUT2D eigenvalue weighted by Crippen LogP contribution is -2.40. The average Bonchev–Trinajstić information content (AvgIpc) is 3.04. The minimum atomic E-state index is -0.225. The van der Waals surface area contributed by atoms with Gasteiger partial charge >= 0.3 is 0 Å². The van der Waals surface area contributed by atoms with Crippen molar-refractivity contribution in [1.29, 1.82) is 0 Å². The Labute approximate surface area is 250 Å². The lowest BCUT2D eigenvalue weighted by Gasteiger charge is -2.28. The molecule has 0 spiro atoms. The van der Waals surface area contributed by atoms with Crippen molar-refractivity contribution in [2.45, 2.75) is 6.92 Å². The monoisotopic (exact) mass is 567 g/mol. The fourth-order valence-electron chi connectivity index (χ4n) is 4.90. The fourth-order valence-corrected chi connectivity index (χ4v) is 4.90. The van der Waals surface area contributed by atoms with E-state index < -0.39 is 0 Å². The van der Waals surface area contributed by atoms with E-state index in [9.17, 15) is 9.59 Å². The van der Waals surface area contributed by atoms with Gasteiger partial charge in [0.05, 0.1) is 24.6 Å². The molecule has 1 saturated heterocycles. The van der Waals surface area contributed by atoms with Gasteiger partial charge in [-0.25, -0.2) is 9.99 Å². The van der Waals surface area contributed by atoms with Crippen molar-refractivity contribution in [1.82, 2.24) is 14.9 Å². The van der Waals surface area contributed by atoms with Crippen molar-refractivity contribution < 1.29 is 14.3 Å². The number of ether oxygens (including phenoxy) is 1. The first-order valence-electron chi connectivity index (χ1n) is 14.0. The maximum absolute atomic E-state index is 12.8. The van der Waals surface area contributed by atoms with Gasteiger partial charge in [-0.15, -0.1) is 0 Å². The normalized spacial score (nSPS) is 15.8. The highest BCUT2D eigenvalue weighted by molar-refractivity contribution is 6.10. The Morgan fingerprint density at radius 3 is 2.56 bits per heavy atom. The van der Waals surface area contributed by atoms with Gasteiger partial charge in [0.2, 0.25) is 0 Å². The van der Waals surface area contributed by atoms with Gasteiger partial charge in [-0.2, -0.15) is 5.10 Å². The summed E-state index contributed by atoms with van der Waals surface area (Å²) in [7, 11) is 0. The van der Waals surface area contributed by atoms with Crippen molar-refractivity contribution >= 4 is 23.3 Å². The summed E-state index contributed by atoms with van der Waals surface area (Å²) in [5.41, 5.74) is 6.75. The van der Waals surface area contributed by atoms with Crippen LogP contribution in [0.4, 0.5) is 5.82 Å². The molecule has 0 radical (unpaired) electrons. The summed E-state index contributed by atoms with van der Waals surface area (Å²) in [6.07, 6.45) is 9.35. The van der Waals surface area contributed by atoms with E-state index >= 15 is 0 Å². The van der Waals surface area contributed by atoms with Crippen LogP contribution in [0.3, 0.4) is 0 Å². The van der Waals surface area contributed by atoms with Gasteiger partial charge in [0.25, 0.3) is 11.8 Å². The predicted octanol–water partition coefficient (Wildman–Crippen LogP) is 5.08. The van der Waals surface area contributed by atoms with E-state index in [2.05, 4.69) is 28.7 Å². The van der Waals surface area contributed by atoms with Crippen LogP contribution < -0.4 is 5.32 Å². The molecule has 4 heterocycles. The van der Waals surface area contributed by atoms with E-state index in [1.54, 1.807) is 29.4 Å². The number of allylic oxidation sites excluding steroid dienone is 6. The molecule has 0 unspecified atom stereocenters. The molecule has 212 valence electrons. The van der Waals surface area contributed by atoms with Crippen LogP contribution in [0.5, 0.6) is 0 Å². The van der Waals surface area contributed by atoms with Crippen LogP contribution in [-0.2, 0) is 4.74 Å². The minimum absolute atomic E-state index is 0.00486. The van der Waals surface area contributed by atoms with Gasteiger partial charge in [0, 0.05) is 41.5 Å². The molecular weight excluding hydrogens is 538 g/mol. The summed E-state index contributed by atoms with van der Waals surface area (Å²) in [6.45, 7) is 8.33. The number of anilines is 1. The number of carbonyl (C=O) groups excluding carboxylic acids is 2. The summed E-state index contributed by atoms with van der Waals surface area (Å²) in [5, 5.41) is 9.51. The predicted molar refractivity (Wildman–Crippen MR) is 166 cm³/mol. The second kappa shape index (κ2) is 12.1. The first-order chi connectivity index (χ1) is 20.9. The maximum Gasteiger partial charge on any atom is 0.257 e.